The lowest BCUT2D eigenvalue weighted by Gasteiger charge is -2.14. The molecule has 1 aliphatic rings. The fourth-order valence-electron chi connectivity index (χ4n) is 1.70. The Morgan fingerprint density at radius 1 is 1.69 bits per heavy atom. The van der Waals surface area contributed by atoms with E-state index in [0.29, 0.717) is 13.1 Å². The van der Waals surface area contributed by atoms with Crippen LogP contribution in [0, 0.1) is 11.3 Å². The molecule has 0 aromatic carbocycles. The number of nitrogens with zero attached hydrogens (tertiary/aromatic N) is 1. The number of carbonyl (C=O) groups is 1. The molecule has 2 N–H and O–H groups in total. The molecule has 0 spiro atoms. The molecular formula is C11H19N3O2. The molecule has 1 rings (SSSR count). The minimum absolute atomic E-state index is 0.0890. The van der Waals surface area contributed by atoms with Gasteiger partial charge in [-0.25, -0.2) is 0 Å². The van der Waals surface area contributed by atoms with Gasteiger partial charge in [0.1, 0.15) is 6.04 Å². The van der Waals surface area contributed by atoms with Crippen LogP contribution >= 0.6 is 0 Å². The molecule has 1 amide bonds. The van der Waals surface area contributed by atoms with Crippen LogP contribution in [0.15, 0.2) is 0 Å². The fourth-order valence-corrected chi connectivity index (χ4v) is 1.70. The third-order valence-electron chi connectivity index (χ3n) is 2.54. The van der Waals surface area contributed by atoms with Crippen LogP contribution in [0.1, 0.15) is 26.2 Å². The standard InChI is InChI=1S/C11H19N3O2/c1-2-13-11(15)6-9(7-12)14-8-10-4-3-5-16-10/h9-10,14H,2-6,8H2,1H3,(H,13,15). The first-order chi connectivity index (χ1) is 7.76. The summed E-state index contributed by atoms with van der Waals surface area (Å²) in [7, 11) is 0. The van der Waals surface area contributed by atoms with Gasteiger partial charge in [0.05, 0.1) is 18.6 Å². The Balaban J connectivity index is 2.20. The zero-order valence-electron chi connectivity index (χ0n) is 9.66. The van der Waals surface area contributed by atoms with Gasteiger partial charge in [-0.1, -0.05) is 0 Å². The molecule has 0 aliphatic carbocycles. The molecule has 1 saturated heterocycles. The number of carbonyl (C=O) groups excluding carboxylic acids is 1. The highest BCUT2D eigenvalue weighted by Gasteiger charge is 2.18. The average molecular weight is 225 g/mol. The third kappa shape index (κ3) is 4.60. The summed E-state index contributed by atoms with van der Waals surface area (Å²) in [6, 6.07) is 1.67. The van der Waals surface area contributed by atoms with Crippen molar-refractivity contribution in [2.24, 2.45) is 0 Å². The van der Waals surface area contributed by atoms with Crippen molar-refractivity contribution in [3.8, 4) is 6.07 Å². The SMILES string of the molecule is CCNC(=O)CC(C#N)NCC1CCCO1. The largest absolute Gasteiger partial charge is 0.377 e. The summed E-state index contributed by atoms with van der Waals surface area (Å²) >= 11 is 0. The van der Waals surface area contributed by atoms with E-state index >= 15 is 0 Å². The van der Waals surface area contributed by atoms with Crippen LogP contribution in [0.25, 0.3) is 0 Å². The van der Waals surface area contributed by atoms with E-state index in [1.165, 1.54) is 0 Å². The van der Waals surface area contributed by atoms with Crippen LogP contribution in [0.3, 0.4) is 0 Å². The zero-order chi connectivity index (χ0) is 11.8. The van der Waals surface area contributed by atoms with Gasteiger partial charge in [-0.15, -0.1) is 0 Å². The molecule has 0 saturated carbocycles. The van der Waals surface area contributed by atoms with Crippen molar-refractivity contribution in [1.29, 1.82) is 5.26 Å². The van der Waals surface area contributed by atoms with Gasteiger partial charge in [-0.2, -0.15) is 5.26 Å². The lowest BCUT2D eigenvalue weighted by Crippen LogP contribution is -2.38. The summed E-state index contributed by atoms with van der Waals surface area (Å²) in [4.78, 5) is 11.3. The molecule has 5 nitrogen and oxygen atoms in total. The number of amides is 1. The first kappa shape index (κ1) is 12.9. The van der Waals surface area contributed by atoms with Gasteiger partial charge in [0, 0.05) is 19.7 Å². The molecule has 1 heterocycles. The van der Waals surface area contributed by atoms with E-state index < -0.39 is 6.04 Å². The normalized spacial score (nSPS) is 21.4. The highest BCUT2D eigenvalue weighted by molar-refractivity contribution is 5.76. The maximum absolute atomic E-state index is 11.3. The van der Waals surface area contributed by atoms with E-state index in [1.807, 2.05) is 6.92 Å². The summed E-state index contributed by atoms with van der Waals surface area (Å²) in [6.45, 7) is 3.92. The molecule has 90 valence electrons. The van der Waals surface area contributed by atoms with E-state index in [0.717, 1.165) is 19.4 Å². The maximum atomic E-state index is 11.3. The Morgan fingerprint density at radius 2 is 2.50 bits per heavy atom. The Bertz CT molecular complexity index is 256. The van der Waals surface area contributed by atoms with Crippen molar-refractivity contribution in [2.75, 3.05) is 19.7 Å². The second kappa shape index (κ2) is 7.20. The predicted molar refractivity (Wildman–Crippen MR) is 59.7 cm³/mol. The molecule has 0 aromatic rings. The molecule has 1 fully saturated rings. The van der Waals surface area contributed by atoms with Gasteiger partial charge in [-0.05, 0) is 19.8 Å². The quantitative estimate of drug-likeness (QED) is 0.676. The lowest BCUT2D eigenvalue weighted by atomic mass is 10.2. The number of hydrogen-bond donors (Lipinski definition) is 2. The van der Waals surface area contributed by atoms with Crippen molar-refractivity contribution in [3.63, 3.8) is 0 Å². The smallest absolute Gasteiger partial charge is 0.222 e. The first-order valence-corrected chi connectivity index (χ1v) is 5.77. The average Bonchev–Trinajstić information content (AvgIpc) is 2.77. The van der Waals surface area contributed by atoms with E-state index in [1.54, 1.807) is 0 Å². The van der Waals surface area contributed by atoms with Crippen molar-refractivity contribution >= 4 is 5.91 Å². The number of rotatable bonds is 6. The second-order valence-electron chi connectivity index (χ2n) is 3.88. The van der Waals surface area contributed by atoms with Crippen LogP contribution in [0.4, 0.5) is 0 Å². The summed E-state index contributed by atoms with van der Waals surface area (Å²) in [5.74, 6) is -0.0890. The Hall–Kier alpha value is -1.12. The van der Waals surface area contributed by atoms with E-state index in [9.17, 15) is 4.79 Å². The van der Waals surface area contributed by atoms with Crippen molar-refractivity contribution in [3.05, 3.63) is 0 Å². The molecule has 1 aliphatic heterocycles. The van der Waals surface area contributed by atoms with Gasteiger partial charge >= 0.3 is 0 Å². The Labute approximate surface area is 96.2 Å². The van der Waals surface area contributed by atoms with Crippen LogP contribution in [-0.4, -0.2) is 37.7 Å². The predicted octanol–water partition coefficient (Wildman–Crippen LogP) is 0.173. The second-order valence-corrected chi connectivity index (χ2v) is 3.88. The summed E-state index contributed by atoms with van der Waals surface area (Å²) in [5, 5.41) is 14.6. The molecule has 2 unspecified atom stereocenters. The van der Waals surface area contributed by atoms with Crippen LogP contribution < -0.4 is 10.6 Å². The Kier molecular flexibility index (Phi) is 5.83. The summed E-state index contributed by atoms with van der Waals surface area (Å²) < 4.78 is 5.43. The molecule has 2 atom stereocenters. The first-order valence-electron chi connectivity index (χ1n) is 5.77. The van der Waals surface area contributed by atoms with Crippen molar-refractivity contribution in [2.45, 2.75) is 38.3 Å². The molecule has 0 bridgehead atoms. The lowest BCUT2D eigenvalue weighted by molar-refractivity contribution is -0.121. The number of ether oxygens (including phenoxy) is 1. The van der Waals surface area contributed by atoms with Gasteiger partial charge in [0.15, 0.2) is 0 Å². The maximum Gasteiger partial charge on any atom is 0.222 e. The highest BCUT2D eigenvalue weighted by atomic mass is 16.5. The van der Waals surface area contributed by atoms with E-state index in [-0.39, 0.29) is 18.4 Å². The molecule has 0 radical (unpaired) electrons. The van der Waals surface area contributed by atoms with Crippen molar-refractivity contribution in [1.82, 2.24) is 10.6 Å². The van der Waals surface area contributed by atoms with Crippen molar-refractivity contribution < 1.29 is 9.53 Å². The molecule has 0 aromatic heterocycles. The van der Waals surface area contributed by atoms with Crippen LogP contribution in [0.5, 0.6) is 0 Å². The van der Waals surface area contributed by atoms with E-state index in [4.69, 9.17) is 10.00 Å². The highest BCUT2D eigenvalue weighted by Crippen LogP contribution is 2.10. The summed E-state index contributed by atoms with van der Waals surface area (Å²) in [6.07, 6.45) is 2.52. The van der Waals surface area contributed by atoms with Gasteiger partial charge in [0.2, 0.25) is 5.91 Å². The number of nitriles is 1. The monoisotopic (exact) mass is 225 g/mol. The minimum atomic E-state index is -0.421. The zero-order valence-corrected chi connectivity index (χ0v) is 9.66. The van der Waals surface area contributed by atoms with Crippen LogP contribution in [-0.2, 0) is 9.53 Å². The van der Waals surface area contributed by atoms with Gasteiger partial charge < -0.3 is 10.1 Å². The minimum Gasteiger partial charge on any atom is -0.377 e. The van der Waals surface area contributed by atoms with E-state index in [2.05, 4.69) is 16.7 Å². The molecular weight excluding hydrogens is 206 g/mol. The number of nitrogens with one attached hydrogen (secondary N) is 2. The Morgan fingerprint density at radius 3 is 3.06 bits per heavy atom. The van der Waals surface area contributed by atoms with Gasteiger partial charge in [-0.3, -0.25) is 10.1 Å². The molecule has 5 heteroatoms. The van der Waals surface area contributed by atoms with Gasteiger partial charge in [0.25, 0.3) is 0 Å². The fraction of sp³-hybridized carbons (Fsp3) is 0.818. The third-order valence-corrected chi connectivity index (χ3v) is 2.54. The summed E-state index contributed by atoms with van der Waals surface area (Å²) in [5.41, 5.74) is 0. The number of hydrogen-bond acceptors (Lipinski definition) is 4. The molecule has 16 heavy (non-hydrogen) atoms. The topological polar surface area (TPSA) is 74.2 Å². The van der Waals surface area contributed by atoms with Crippen LogP contribution in [0.2, 0.25) is 0 Å².